The molecule has 0 saturated heterocycles. The van der Waals surface area contributed by atoms with Crippen LogP contribution in [-0.2, 0) is 4.79 Å². The first-order valence-corrected chi connectivity index (χ1v) is 8.95. The monoisotopic (exact) mass is 419 g/mol. The molecule has 3 aromatic rings. The molecule has 1 heterocycles. The van der Waals surface area contributed by atoms with Crippen molar-refractivity contribution in [3.8, 4) is 28.9 Å². The number of nitrogens with zero attached hydrogens (tertiary/aromatic N) is 2. The van der Waals surface area contributed by atoms with Crippen molar-refractivity contribution < 1.29 is 23.6 Å². The maximum Gasteiger partial charge on any atom is 0.270 e. The fraction of sp³-hybridized carbons (Fsp3) is 0.0909. The van der Waals surface area contributed by atoms with Crippen LogP contribution in [0.3, 0.4) is 0 Å². The zero-order chi connectivity index (χ0) is 22.4. The number of hydrogen-bond donors (Lipinski definition) is 1. The van der Waals surface area contributed by atoms with Crippen molar-refractivity contribution in [2.24, 2.45) is 0 Å². The molecule has 0 bridgehead atoms. The smallest absolute Gasteiger partial charge is 0.270 e. The van der Waals surface area contributed by atoms with E-state index in [2.05, 4.69) is 5.32 Å². The summed E-state index contributed by atoms with van der Waals surface area (Å²) in [6.07, 6.45) is 1.29. The summed E-state index contributed by atoms with van der Waals surface area (Å²) in [5, 5.41) is 23.0. The minimum atomic E-state index is -0.636. The number of furan rings is 1. The van der Waals surface area contributed by atoms with Gasteiger partial charge in [-0.3, -0.25) is 14.9 Å². The number of anilines is 1. The molecule has 1 N–H and O–H groups in total. The summed E-state index contributed by atoms with van der Waals surface area (Å²) in [6, 6.07) is 15.8. The molecule has 0 saturated carbocycles. The van der Waals surface area contributed by atoms with Gasteiger partial charge in [0, 0.05) is 35.5 Å². The molecule has 0 radical (unpaired) electrons. The Hall–Kier alpha value is -4.58. The van der Waals surface area contributed by atoms with Crippen molar-refractivity contribution in [2.75, 3.05) is 19.5 Å². The predicted molar refractivity (Wildman–Crippen MR) is 113 cm³/mol. The average Bonchev–Trinajstić information content (AvgIpc) is 3.26. The fourth-order valence-electron chi connectivity index (χ4n) is 2.76. The van der Waals surface area contributed by atoms with Crippen molar-refractivity contribution >= 4 is 23.4 Å². The highest BCUT2D eigenvalue weighted by molar-refractivity contribution is 6.09. The second-order valence-corrected chi connectivity index (χ2v) is 6.20. The standard InChI is InChI=1S/C22H17N3O6/c1-29-20-8-6-16(12-21(20)30-2)24-22(26)15(13-23)11-18-7-9-19(31-18)14-4-3-5-17(10-14)25(27)28/h3-12H,1-2H3,(H,24,26)/b15-11+. The highest BCUT2D eigenvalue weighted by atomic mass is 16.6. The molecule has 0 aliphatic rings. The molecular formula is C22H17N3O6. The van der Waals surface area contributed by atoms with Gasteiger partial charge in [-0.2, -0.15) is 5.26 Å². The fourth-order valence-corrected chi connectivity index (χ4v) is 2.76. The molecule has 31 heavy (non-hydrogen) atoms. The highest BCUT2D eigenvalue weighted by Gasteiger charge is 2.14. The van der Waals surface area contributed by atoms with Gasteiger partial charge in [-0.1, -0.05) is 12.1 Å². The minimum absolute atomic E-state index is 0.0713. The van der Waals surface area contributed by atoms with E-state index in [-0.39, 0.29) is 17.0 Å². The second-order valence-electron chi connectivity index (χ2n) is 6.20. The van der Waals surface area contributed by atoms with E-state index in [1.165, 1.54) is 32.4 Å². The van der Waals surface area contributed by atoms with Gasteiger partial charge in [-0.25, -0.2) is 0 Å². The summed E-state index contributed by atoms with van der Waals surface area (Å²) in [5.41, 5.74) is 0.662. The van der Waals surface area contributed by atoms with Gasteiger partial charge in [0.25, 0.3) is 11.6 Å². The molecule has 3 rings (SSSR count). The molecule has 0 unspecified atom stereocenters. The zero-order valence-corrected chi connectivity index (χ0v) is 16.6. The predicted octanol–water partition coefficient (Wildman–Crippen LogP) is 4.42. The summed E-state index contributed by atoms with van der Waals surface area (Å²) < 4.78 is 16.0. The number of nitro groups is 1. The first-order chi connectivity index (χ1) is 14.9. The first kappa shape index (κ1) is 21.1. The Bertz CT molecular complexity index is 1210. The number of amides is 1. The van der Waals surface area contributed by atoms with E-state index in [4.69, 9.17) is 13.9 Å². The topological polar surface area (TPSA) is 128 Å². The number of nitro benzene ring substituents is 1. The third kappa shape index (κ3) is 4.89. The van der Waals surface area contributed by atoms with E-state index in [1.807, 2.05) is 6.07 Å². The SMILES string of the molecule is COc1ccc(NC(=O)/C(C#N)=C/c2ccc(-c3cccc([N+](=O)[O-])c3)o2)cc1OC. The van der Waals surface area contributed by atoms with Gasteiger partial charge in [0.1, 0.15) is 23.2 Å². The quantitative estimate of drug-likeness (QED) is 0.260. The van der Waals surface area contributed by atoms with Crippen LogP contribution >= 0.6 is 0 Å². The third-order valence-corrected chi connectivity index (χ3v) is 4.26. The number of nitriles is 1. The van der Waals surface area contributed by atoms with Crippen molar-refractivity contribution in [1.82, 2.24) is 0 Å². The molecule has 0 spiro atoms. The number of carbonyl (C=O) groups is 1. The Morgan fingerprint density at radius 1 is 1.13 bits per heavy atom. The van der Waals surface area contributed by atoms with Crippen molar-refractivity contribution in [2.45, 2.75) is 0 Å². The van der Waals surface area contributed by atoms with Crippen molar-refractivity contribution in [3.63, 3.8) is 0 Å². The molecule has 156 valence electrons. The van der Waals surface area contributed by atoms with E-state index >= 15 is 0 Å². The van der Waals surface area contributed by atoms with Crippen molar-refractivity contribution in [1.29, 1.82) is 5.26 Å². The van der Waals surface area contributed by atoms with Crippen LogP contribution < -0.4 is 14.8 Å². The summed E-state index contributed by atoms with van der Waals surface area (Å²) >= 11 is 0. The van der Waals surface area contributed by atoms with Crippen LogP contribution in [0.25, 0.3) is 17.4 Å². The molecular weight excluding hydrogens is 402 g/mol. The summed E-state index contributed by atoms with van der Waals surface area (Å²) in [5.74, 6) is 0.910. The molecule has 0 fully saturated rings. The molecule has 9 nitrogen and oxygen atoms in total. The molecule has 0 aliphatic heterocycles. The van der Waals surface area contributed by atoms with E-state index in [0.29, 0.717) is 28.5 Å². The lowest BCUT2D eigenvalue weighted by atomic mass is 10.1. The molecule has 1 aromatic heterocycles. The molecule has 1 amide bonds. The zero-order valence-electron chi connectivity index (χ0n) is 16.6. The maximum absolute atomic E-state index is 12.5. The van der Waals surface area contributed by atoms with E-state index < -0.39 is 10.8 Å². The van der Waals surface area contributed by atoms with Crippen LogP contribution in [0.1, 0.15) is 5.76 Å². The molecule has 0 atom stereocenters. The van der Waals surface area contributed by atoms with E-state index in [9.17, 15) is 20.2 Å². The van der Waals surface area contributed by atoms with Crippen LogP contribution in [0.5, 0.6) is 11.5 Å². The van der Waals surface area contributed by atoms with Crippen LogP contribution in [0.4, 0.5) is 11.4 Å². The number of non-ortho nitro benzene ring substituents is 1. The van der Waals surface area contributed by atoms with Crippen LogP contribution in [0.2, 0.25) is 0 Å². The largest absolute Gasteiger partial charge is 0.493 e. The number of rotatable bonds is 7. The van der Waals surface area contributed by atoms with E-state index in [0.717, 1.165) is 0 Å². The van der Waals surface area contributed by atoms with Gasteiger partial charge in [-0.15, -0.1) is 0 Å². The Morgan fingerprint density at radius 3 is 2.58 bits per heavy atom. The number of benzene rings is 2. The lowest BCUT2D eigenvalue weighted by molar-refractivity contribution is -0.384. The molecule has 2 aromatic carbocycles. The number of carbonyl (C=O) groups excluding carboxylic acids is 1. The number of nitrogens with one attached hydrogen (secondary N) is 1. The van der Waals surface area contributed by atoms with Gasteiger partial charge >= 0.3 is 0 Å². The number of ether oxygens (including phenoxy) is 2. The van der Waals surface area contributed by atoms with Crippen molar-refractivity contribution in [3.05, 3.63) is 76.0 Å². The summed E-state index contributed by atoms with van der Waals surface area (Å²) in [4.78, 5) is 23.0. The van der Waals surface area contributed by atoms with Gasteiger partial charge in [-0.05, 0) is 24.3 Å². The lowest BCUT2D eigenvalue weighted by Gasteiger charge is -2.10. The Labute approximate surface area is 177 Å². The molecule has 0 aliphatic carbocycles. The van der Waals surface area contributed by atoms with Gasteiger partial charge in [0.2, 0.25) is 0 Å². The Balaban J connectivity index is 1.81. The number of methoxy groups -OCH3 is 2. The highest BCUT2D eigenvalue weighted by Crippen LogP contribution is 2.30. The summed E-state index contributed by atoms with van der Waals surface area (Å²) in [7, 11) is 2.97. The van der Waals surface area contributed by atoms with Crippen LogP contribution in [0.15, 0.2) is 64.6 Å². The Kier molecular flexibility index (Phi) is 6.33. The number of hydrogen-bond acceptors (Lipinski definition) is 7. The van der Waals surface area contributed by atoms with Crippen LogP contribution in [0, 0.1) is 21.4 Å². The molecule has 9 heteroatoms. The maximum atomic E-state index is 12.5. The van der Waals surface area contributed by atoms with Gasteiger partial charge < -0.3 is 19.2 Å². The lowest BCUT2D eigenvalue weighted by Crippen LogP contribution is -2.13. The second kappa shape index (κ2) is 9.28. The summed E-state index contributed by atoms with van der Waals surface area (Å²) in [6.45, 7) is 0. The minimum Gasteiger partial charge on any atom is -0.493 e. The van der Waals surface area contributed by atoms with Crippen LogP contribution in [-0.4, -0.2) is 25.1 Å². The Morgan fingerprint density at radius 2 is 1.90 bits per heavy atom. The third-order valence-electron chi connectivity index (χ3n) is 4.26. The van der Waals surface area contributed by atoms with Gasteiger partial charge in [0.05, 0.1) is 19.1 Å². The average molecular weight is 419 g/mol. The van der Waals surface area contributed by atoms with E-state index in [1.54, 1.807) is 42.5 Å². The van der Waals surface area contributed by atoms with Gasteiger partial charge in [0.15, 0.2) is 11.5 Å². The first-order valence-electron chi connectivity index (χ1n) is 8.95. The normalized spacial score (nSPS) is 10.8.